The lowest BCUT2D eigenvalue weighted by Crippen LogP contribution is -2.47. The maximum absolute atomic E-state index is 12.8. The topological polar surface area (TPSA) is 75.6 Å². The van der Waals surface area contributed by atoms with Crippen LogP contribution in [0, 0.1) is 12.8 Å². The number of carbonyl (C=O) groups is 2. The fraction of sp³-hybridized carbons (Fsp3) is 0.500. The standard InChI is InChI=1S/C20H25NO4/c1-4-14-9-12(2)10-15(25-3)16(14)17-18(23)20(21-19(17)24)7-5-13(11-22)6-8-20/h9-11,13,23H,4-8H2,1-3H3,(H,21,24). The van der Waals surface area contributed by atoms with Gasteiger partial charge in [-0.25, -0.2) is 0 Å². The summed E-state index contributed by atoms with van der Waals surface area (Å²) in [5.74, 6) is 0.448. The summed E-state index contributed by atoms with van der Waals surface area (Å²) in [7, 11) is 1.58. The summed E-state index contributed by atoms with van der Waals surface area (Å²) in [6, 6.07) is 3.91. The molecule has 1 fully saturated rings. The molecular weight excluding hydrogens is 318 g/mol. The fourth-order valence-corrected chi connectivity index (χ4v) is 4.10. The van der Waals surface area contributed by atoms with Gasteiger partial charge in [-0.05, 0) is 56.2 Å². The zero-order chi connectivity index (χ0) is 18.2. The minimum atomic E-state index is -0.743. The van der Waals surface area contributed by atoms with Gasteiger partial charge in [0.05, 0.1) is 18.2 Å². The molecule has 1 aromatic carbocycles. The van der Waals surface area contributed by atoms with Gasteiger partial charge >= 0.3 is 0 Å². The van der Waals surface area contributed by atoms with Crippen molar-refractivity contribution in [3.63, 3.8) is 0 Å². The van der Waals surface area contributed by atoms with Crippen molar-refractivity contribution in [2.24, 2.45) is 5.92 Å². The Morgan fingerprint density at radius 3 is 2.60 bits per heavy atom. The molecule has 1 spiro atoms. The van der Waals surface area contributed by atoms with Crippen molar-refractivity contribution < 1.29 is 19.4 Å². The molecule has 1 aromatic rings. The van der Waals surface area contributed by atoms with Gasteiger partial charge in [0.2, 0.25) is 0 Å². The van der Waals surface area contributed by atoms with Crippen LogP contribution in [0.3, 0.4) is 0 Å². The number of aliphatic hydroxyl groups is 1. The number of amides is 1. The normalized spacial score (nSPS) is 26.0. The number of ether oxygens (including phenoxy) is 1. The van der Waals surface area contributed by atoms with E-state index < -0.39 is 5.54 Å². The molecule has 5 nitrogen and oxygen atoms in total. The number of methoxy groups -OCH3 is 1. The van der Waals surface area contributed by atoms with Gasteiger partial charge in [0.25, 0.3) is 5.91 Å². The van der Waals surface area contributed by atoms with Crippen molar-refractivity contribution in [3.05, 3.63) is 34.6 Å². The van der Waals surface area contributed by atoms with Gasteiger partial charge in [0.15, 0.2) is 0 Å². The lowest BCUT2D eigenvalue weighted by atomic mass is 9.76. The molecule has 1 aliphatic carbocycles. The zero-order valence-electron chi connectivity index (χ0n) is 15.0. The molecule has 0 saturated heterocycles. The van der Waals surface area contributed by atoms with Crippen LogP contribution in [0.4, 0.5) is 0 Å². The van der Waals surface area contributed by atoms with Crippen LogP contribution in [0.2, 0.25) is 0 Å². The van der Waals surface area contributed by atoms with Crippen molar-refractivity contribution in [1.82, 2.24) is 5.32 Å². The average Bonchev–Trinajstić information content (AvgIpc) is 2.85. The van der Waals surface area contributed by atoms with Crippen LogP contribution in [-0.2, 0) is 16.0 Å². The Kier molecular flexibility index (Phi) is 4.58. The molecular formula is C20H25NO4. The molecule has 1 heterocycles. The second-order valence-corrected chi connectivity index (χ2v) is 7.09. The van der Waals surface area contributed by atoms with E-state index in [4.69, 9.17) is 4.74 Å². The maximum Gasteiger partial charge on any atom is 0.256 e. The number of aliphatic hydroxyl groups excluding tert-OH is 1. The molecule has 2 aliphatic rings. The second kappa shape index (κ2) is 6.54. The molecule has 1 aliphatic heterocycles. The van der Waals surface area contributed by atoms with Crippen molar-refractivity contribution in [2.45, 2.75) is 51.5 Å². The van der Waals surface area contributed by atoms with Crippen LogP contribution in [0.25, 0.3) is 5.57 Å². The monoisotopic (exact) mass is 343 g/mol. The number of hydrogen-bond donors (Lipinski definition) is 2. The number of aryl methyl sites for hydroxylation is 2. The van der Waals surface area contributed by atoms with Gasteiger partial charge in [0, 0.05) is 11.5 Å². The molecule has 5 heteroatoms. The molecule has 0 unspecified atom stereocenters. The molecule has 1 saturated carbocycles. The predicted molar refractivity (Wildman–Crippen MR) is 95.6 cm³/mol. The number of aldehydes is 1. The summed E-state index contributed by atoms with van der Waals surface area (Å²) in [5, 5.41) is 14.0. The summed E-state index contributed by atoms with van der Waals surface area (Å²) < 4.78 is 5.52. The number of rotatable bonds is 4. The first-order valence-corrected chi connectivity index (χ1v) is 8.85. The van der Waals surface area contributed by atoms with Crippen LogP contribution in [0.15, 0.2) is 17.9 Å². The van der Waals surface area contributed by atoms with Crippen LogP contribution >= 0.6 is 0 Å². The third kappa shape index (κ3) is 2.81. The highest BCUT2D eigenvalue weighted by atomic mass is 16.5. The summed E-state index contributed by atoms with van der Waals surface area (Å²) in [4.78, 5) is 23.8. The van der Waals surface area contributed by atoms with Gasteiger partial charge in [-0.15, -0.1) is 0 Å². The molecule has 25 heavy (non-hydrogen) atoms. The van der Waals surface area contributed by atoms with Gasteiger partial charge < -0.3 is 20.0 Å². The highest BCUT2D eigenvalue weighted by Crippen LogP contribution is 2.45. The maximum atomic E-state index is 12.8. The van der Waals surface area contributed by atoms with E-state index in [0.29, 0.717) is 42.6 Å². The van der Waals surface area contributed by atoms with E-state index >= 15 is 0 Å². The minimum Gasteiger partial charge on any atom is -0.509 e. The Hall–Kier alpha value is -2.30. The van der Waals surface area contributed by atoms with E-state index in [-0.39, 0.29) is 17.6 Å². The lowest BCUT2D eigenvalue weighted by molar-refractivity contribution is -0.116. The first kappa shape index (κ1) is 17.5. The minimum absolute atomic E-state index is 0.0134. The molecule has 1 amide bonds. The number of benzene rings is 1. The van der Waals surface area contributed by atoms with Crippen LogP contribution < -0.4 is 10.1 Å². The SMILES string of the molecule is CCc1cc(C)cc(OC)c1C1=C(O)C2(CCC(C=O)CC2)NC1=O. The van der Waals surface area contributed by atoms with E-state index in [1.165, 1.54) is 0 Å². The third-order valence-electron chi connectivity index (χ3n) is 5.53. The average molecular weight is 343 g/mol. The van der Waals surface area contributed by atoms with Gasteiger partial charge in [0.1, 0.15) is 17.8 Å². The molecule has 0 bridgehead atoms. The summed E-state index contributed by atoms with van der Waals surface area (Å²) in [6.07, 6.45) is 4.21. The quantitative estimate of drug-likeness (QED) is 0.824. The van der Waals surface area contributed by atoms with Gasteiger partial charge in [-0.3, -0.25) is 4.79 Å². The fourth-order valence-electron chi connectivity index (χ4n) is 4.10. The second-order valence-electron chi connectivity index (χ2n) is 7.09. The Morgan fingerprint density at radius 1 is 1.36 bits per heavy atom. The summed E-state index contributed by atoms with van der Waals surface area (Å²) in [6.45, 7) is 4.00. The number of hydrogen-bond acceptors (Lipinski definition) is 4. The summed E-state index contributed by atoms with van der Waals surface area (Å²) in [5.41, 5.74) is 2.29. The van der Waals surface area contributed by atoms with E-state index in [1.807, 2.05) is 26.0 Å². The van der Waals surface area contributed by atoms with Crippen molar-refractivity contribution in [2.75, 3.05) is 7.11 Å². The van der Waals surface area contributed by atoms with Gasteiger partial charge in [-0.1, -0.05) is 13.0 Å². The Morgan fingerprint density at radius 2 is 2.04 bits per heavy atom. The first-order valence-electron chi connectivity index (χ1n) is 8.85. The molecule has 0 aromatic heterocycles. The van der Waals surface area contributed by atoms with E-state index in [9.17, 15) is 14.7 Å². The first-order chi connectivity index (χ1) is 12.0. The number of carbonyl (C=O) groups excluding carboxylic acids is 2. The largest absolute Gasteiger partial charge is 0.509 e. The Labute approximate surface area is 148 Å². The van der Waals surface area contributed by atoms with Crippen molar-refractivity contribution in [3.8, 4) is 5.75 Å². The molecule has 0 radical (unpaired) electrons. The van der Waals surface area contributed by atoms with E-state index in [1.54, 1.807) is 7.11 Å². The van der Waals surface area contributed by atoms with E-state index in [2.05, 4.69) is 5.32 Å². The molecule has 0 atom stereocenters. The van der Waals surface area contributed by atoms with Crippen molar-refractivity contribution in [1.29, 1.82) is 0 Å². The van der Waals surface area contributed by atoms with Crippen LogP contribution in [0.5, 0.6) is 5.75 Å². The highest BCUT2D eigenvalue weighted by Gasteiger charge is 2.48. The molecule has 134 valence electrons. The third-order valence-corrected chi connectivity index (χ3v) is 5.53. The highest BCUT2D eigenvalue weighted by molar-refractivity contribution is 6.24. The Balaban J connectivity index is 2.11. The molecule has 3 rings (SSSR count). The zero-order valence-corrected chi connectivity index (χ0v) is 15.0. The predicted octanol–water partition coefficient (Wildman–Crippen LogP) is 3.09. The lowest BCUT2D eigenvalue weighted by Gasteiger charge is -2.35. The van der Waals surface area contributed by atoms with E-state index in [0.717, 1.165) is 23.8 Å². The van der Waals surface area contributed by atoms with Crippen LogP contribution in [-0.4, -0.2) is 29.9 Å². The number of nitrogens with one attached hydrogen (secondary N) is 1. The summed E-state index contributed by atoms with van der Waals surface area (Å²) >= 11 is 0. The van der Waals surface area contributed by atoms with Crippen molar-refractivity contribution >= 4 is 17.8 Å². The van der Waals surface area contributed by atoms with Gasteiger partial charge in [-0.2, -0.15) is 0 Å². The smallest absolute Gasteiger partial charge is 0.256 e. The molecule has 2 N–H and O–H groups in total. The Bertz CT molecular complexity index is 717. The van der Waals surface area contributed by atoms with Crippen LogP contribution in [0.1, 0.15) is 49.3 Å².